The fraction of sp³-hybridized carbons (Fsp3) is 0.462. The number of carbonyl (C=O) groups excluding carboxylic acids is 1. The number of halogens is 3. The quantitative estimate of drug-likeness (QED) is 0.786. The molecule has 2 bridgehead atoms. The lowest BCUT2D eigenvalue weighted by Gasteiger charge is -2.27. The van der Waals surface area contributed by atoms with Crippen molar-refractivity contribution in [2.45, 2.75) is 17.7 Å². The highest BCUT2D eigenvalue weighted by atomic mass is 32.2. The number of hydrogen-bond acceptors (Lipinski definition) is 3. The van der Waals surface area contributed by atoms with E-state index in [4.69, 9.17) is 0 Å². The number of hydrogen-bond donors (Lipinski definition) is 0. The van der Waals surface area contributed by atoms with Crippen LogP contribution in [-0.4, -0.2) is 41.5 Å². The van der Waals surface area contributed by atoms with Crippen molar-refractivity contribution in [1.29, 1.82) is 0 Å². The highest BCUT2D eigenvalue weighted by Gasteiger charge is 2.42. The Bertz CT molecular complexity index is 581. The summed E-state index contributed by atoms with van der Waals surface area (Å²) in [5.74, 6) is -4.50. The summed E-state index contributed by atoms with van der Waals surface area (Å²) in [6.45, 7) is 0.523. The molecule has 2 saturated heterocycles. The Balaban J connectivity index is 1.98. The lowest BCUT2D eigenvalue weighted by Crippen LogP contribution is -2.39. The Morgan fingerprint density at radius 1 is 1.40 bits per heavy atom. The first-order valence-electron chi connectivity index (χ1n) is 6.17. The van der Waals surface area contributed by atoms with Gasteiger partial charge in [0, 0.05) is 23.6 Å². The van der Waals surface area contributed by atoms with Gasteiger partial charge in [-0.3, -0.25) is 4.79 Å². The standard InChI is InChI=1S/C13H12F3NO2S/c1-19-12-10(15)8(3-9(14)11(12)16)13(18)17-4-7-2-6(17)5-20-7/h3,6-7H,2,4-5H2,1H3. The van der Waals surface area contributed by atoms with Gasteiger partial charge in [-0.2, -0.15) is 16.2 Å². The molecule has 20 heavy (non-hydrogen) atoms. The number of methoxy groups -OCH3 is 1. The second-order valence-corrected chi connectivity index (χ2v) is 6.20. The van der Waals surface area contributed by atoms with Crippen molar-refractivity contribution in [1.82, 2.24) is 4.90 Å². The third-order valence-corrected chi connectivity index (χ3v) is 5.10. The fourth-order valence-electron chi connectivity index (χ4n) is 2.72. The molecular formula is C13H12F3NO2S. The maximum Gasteiger partial charge on any atom is 0.257 e. The summed E-state index contributed by atoms with van der Waals surface area (Å²) in [5, 5.41) is 0.360. The minimum Gasteiger partial charge on any atom is -0.491 e. The van der Waals surface area contributed by atoms with E-state index in [0.29, 0.717) is 17.9 Å². The summed E-state index contributed by atoms with van der Waals surface area (Å²) >= 11 is 1.78. The number of carbonyl (C=O) groups is 1. The van der Waals surface area contributed by atoms with Gasteiger partial charge < -0.3 is 9.64 Å². The van der Waals surface area contributed by atoms with Crippen LogP contribution in [0.4, 0.5) is 13.2 Å². The molecule has 0 radical (unpaired) electrons. The Morgan fingerprint density at radius 3 is 2.70 bits per heavy atom. The number of likely N-dealkylation sites (tertiary alicyclic amines) is 1. The molecule has 2 fully saturated rings. The molecule has 2 atom stereocenters. The van der Waals surface area contributed by atoms with Crippen LogP contribution in [0.25, 0.3) is 0 Å². The summed E-state index contributed by atoms with van der Waals surface area (Å²) in [5.41, 5.74) is -0.474. The van der Waals surface area contributed by atoms with E-state index in [1.54, 1.807) is 11.8 Å². The predicted molar refractivity (Wildman–Crippen MR) is 68.6 cm³/mol. The molecule has 2 aliphatic heterocycles. The van der Waals surface area contributed by atoms with Crippen LogP contribution < -0.4 is 4.74 Å². The Morgan fingerprint density at radius 2 is 2.15 bits per heavy atom. The third-order valence-electron chi connectivity index (χ3n) is 3.71. The van der Waals surface area contributed by atoms with E-state index in [-0.39, 0.29) is 6.04 Å². The number of nitrogens with zero attached hydrogens (tertiary/aromatic N) is 1. The van der Waals surface area contributed by atoms with Crippen molar-refractivity contribution >= 4 is 17.7 Å². The highest BCUT2D eigenvalue weighted by Crippen LogP contribution is 2.39. The Kier molecular flexibility index (Phi) is 3.32. The minimum atomic E-state index is -1.42. The van der Waals surface area contributed by atoms with Gasteiger partial charge in [-0.15, -0.1) is 0 Å². The second-order valence-electron chi connectivity index (χ2n) is 4.87. The van der Waals surface area contributed by atoms with E-state index < -0.39 is 34.7 Å². The maximum atomic E-state index is 14.1. The molecule has 2 heterocycles. The highest BCUT2D eigenvalue weighted by molar-refractivity contribution is 8.00. The van der Waals surface area contributed by atoms with E-state index in [1.165, 1.54) is 4.90 Å². The van der Waals surface area contributed by atoms with E-state index in [2.05, 4.69) is 4.74 Å². The second kappa shape index (κ2) is 4.87. The molecule has 108 valence electrons. The summed E-state index contributed by atoms with van der Waals surface area (Å²) in [7, 11) is 1.03. The number of fused-ring (bicyclic) bond motifs is 2. The van der Waals surface area contributed by atoms with Crippen molar-refractivity contribution in [2.24, 2.45) is 0 Å². The van der Waals surface area contributed by atoms with Gasteiger partial charge in [-0.05, 0) is 12.5 Å². The van der Waals surface area contributed by atoms with Gasteiger partial charge in [0.15, 0.2) is 17.4 Å². The van der Waals surface area contributed by atoms with Gasteiger partial charge >= 0.3 is 0 Å². The zero-order valence-corrected chi connectivity index (χ0v) is 11.5. The smallest absolute Gasteiger partial charge is 0.257 e. The molecule has 1 aromatic carbocycles. The summed E-state index contributed by atoms with van der Waals surface area (Å²) in [4.78, 5) is 13.9. The number of amides is 1. The normalized spacial score (nSPS) is 24.3. The molecule has 7 heteroatoms. The zero-order chi connectivity index (χ0) is 14.4. The number of thioether (sulfide) groups is 1. The van der Waals surface area contributed by atoms with Gasteiger partial charge in [0.2, 0.25) is 5.82 Å². The van der Waals surface area contributed by atoms with E-state index >= 15 is 0 Å². The summed E-state index contributed by atoms with van der Waals surface area (Å²) in [6.07, 6.45) is 0.874. The van der Waals surface area contributed by atoms with Crippen molar-refractivity contribution in [3.63, 3.8) is 0 Å². The molecule has 0 aliphatic carbocycles. The molecule has 2 unspecified atom stereocenters. The first-order chi connectivity index (χ1) is 9.52. The Hall–Kier alpha value is -1.37. The van der Waals surface area contributed by atoms with Crippen LogP contribution in [0.2, 0.25) is 0 Å². The summed E-state index contributed by atoms with van der Waals surface area (Å²) < 4.78 is 45.4. The molecule has 1 amide bonds. The zero-order valence-electron chi connectivity index (χ0n) is 10.7. The van der Waals surface area contributed by atoms with Crippen LogP contribution in [0.15, 0.2) is 6.07 Å². The molecule has 0 aromatic heterocycles. The first kappa shape index (κ1) is 13.6. The third kappa shape index (κ3) is 1.95. The van der Waals surface area contributed by atoms with Crippen LogP contribution in [0.3, 0.4) is 0 Å². The molecule has 0 N–H and O–H groups in total. The van der Waals surface area contributed by atoms with E-state index in [1.807, 2.05) is 0 Å². The molecular weight excluding hydrogens is 291 g/mol. The lowest BCUT2D eigenvalue weighted by molar-refractivity contribution is 0.0741. The van der Waals surface area contributed by atoms with Gasteiger partial charge in [-0.1, -0.05) is 0 Å². The van der Waals surface area contributed by atoms with E-state index in [9.17, 15) is 18.0 Å². The molecule has 0 spiro atoms. The maximum absolute atomic E-state index is 14.1. The number of benzene rings is 1. The topological polar surface area (TPSA) is 29.5 Å². The van der Waals surface area contributed by atoms with Crippen LogP contribution in [0, 0.1) is 17.5 Å². The van der Waals surface area contributed by atoms with Crippen LogP contribution in [0.5, 0.6) is 5.75 Å². The molecule has 2 aliphatic rings. The SMILES string of the molecule is COc1c(F)c(F)cc(C(=O)N2CC3CC2CS3)c1F. The summed E-state index contributed by atoms with van der Waals surface area (Å²) in [6, 6.07) is 0.658. The van der Waals surface area contributed by atoms with Crippen molar-refractivity contribution in [3.8, 4) is 5.75 Å². The van der Waals surface area contributed by atoms with Crippen LogP contribution >= 0.6 is 11.8 Å². The van der Waals surface area contributed by atoms with Gasteiger partial charge in [0.25, 0.3) is 5.91 Å². The Labute approximate surface area is 118 Å². The fourth-order valence-corrected chi connectivity index (χ4v) is 4.15. The van der Waals surface area contributed by atoms with Crippen LogP contribution in [0.1, 0.15) is 16.8 Å². The predicted octanol–water partition coefficient (Wildman–Crippen LogP) is 2.44. The van der Waals surface area contributed by atoms with Crippen molar-refractivity contribution in [3.05, 3.63) is 29.1 Å². The van der Waals surface area contributed by atoms with Crippen molar-refractivity contribution in [2.75, 3.05) is 19.4 Å². The molecule has 0 saturated carbocycles. The average Bonchev–Trinajstić information content (AvgIpc) is 3.05. The molecule has 3 rings (SSSR count). The van der Waals surface area contributed by atoms with Gasteiger partial charge in [0.05, 0.1) is 12.7 Å². The molecule has 3 nitrogen and oxygen atoms in total. The van der Waals surface area contributed by atoms with Crippen molar-refractivity contribution < 1.29 is 22.7 Å². The average molecular weight is 303 g/mol. The van der Waals surface area contributed by atoms with Crippen LogP contribution in [-0.2, 0) is 0 Å². The number of rotatable bonds is 2. The first-order valence-corrected chi connectivity index (χ1v) is 7.21. The molecule has 1 aromatic rings. The van der Waals surface area contributed by atoms with Gasteiger partial charge in [-0.25, -0.2) is 8.78 Å². The van der Waals surface area contributed by atoms with Gasteiger partial charge in [0.1, 0.15) is 0 Å². The monoisotopic (exact) mass is 303 g/mol. The number of ether oxygens (including phenoxy) is 1. The van der Waals surface area contributed by atoms with E-state index in [0.717, 1.165) is 19.3 Å². The minimum absolute atomic E-state index is 0.0519. The largest absolute Gasteiger partial charge is 0.491 e. The lowest BCUT2D eigenvalue weighted by atomic mass is 10.1.